The largest absolute Gasteiger partial charge is 0.489 e. The number of ether oxygens (including phenoxy) is 1. The highest BCUT2D eigenvalue weighted by Gasteiger charge is 2.46. The molecule has 42 heavy (non-hydrogen) atoms. The number of carbonyl (C=O) groups excluding carboxylic acids is 2. The molecule has 2 N–H and O–H groups in total. The maximum absolute atomic E-state index is 14.3. The van der Waals surface area contributed by atoms with Gasteiger partial charge in [-0.1, -0.05) is 24.2 Å². The van der Waals surface area contributed by atoms with Gasteiger partial charge in [0.1, 0.15) is 23.0 Å². The Kier molecular flexibility index (Phi) is 7.59. The van der Waals surface area contributed by atoms with Crippen molar-refractivity contribution >= 4 is 34.9 Å². The summed E-state index contributed by atoms with van der Waals surface area (Å²) in [6.45, 7) is 8.73. The third kappa shape index (κ3) is 5.04. The van der Waals surface area contributed by atoms with Crippen LogP contribution in [0.25, 0.3) is 11.3 Å². The molecule has 0 spiro atoms. The monoisotopic (exact) mass is 606 g/mol. The van der Waals surface area contributed by atoms with Gasteiger partial charge in [-0.15, -0.1) is 0 Å². The van der Waals surface area contributed by atoms with Gasteiger partial charge in [0.15, 0.2) is 5.75 Å². The van der Waals surface area contributed by atoms with E-state index in [2.05, 4.69) is 11.5 Å². The van der Waals surface area contributed by atoms with Crippen LogP contribution in [0.1, 0.15) is 36.2 Å². The molecule has 2 amide bonds. The van der Waals surface area contributed by atoms with Crippen LogP contribution in [0.4, 0.5) is 24.7 Å². The first-order chi connectivity index (χ1) is 19.7. The Balaban J connectivity index is 1.74. The molecule has 2 saturated heterocycles. The van der Waals surface area contributed by atoms with Gasteiger partial charge < -0.3 is 30.1 Å². The van der Waals surface area contributed by atoms with Gasteiger partial charge in [0.2, 0.25) is 5.91 Å². The average Bonchev–Trinajstić information content (AvgIpc) is 3.17. The summed E-state index contributed by atoms with van der Waals surface area (Å²) in [5.74, 6) is -0.529. The number of likely N-dealkylation sites (N-methyl/N-ethyl adjacent to an activating group) is 1. The fourth-order valence-electron chi connectivity index (χ4n) is 6.14. The number of nitrogens with zero attached hydrogens (tertiary/aromatic N) is 5. The van der Waals surface area contributed by atoms with Crippen molar-refractivity contribution < 1.29 is 27.5 Å². The van der Waals surface area contributed by atoms with Gasteiger partial charge in [0.05, 0.1) is 17.3 Å². The number of piperazine rings is 1. The minimum atomic E-state index is -4.75. The fraction of sp³-hybridized carbons (Fsp3) is 0.483. The lowest BCUT2D eigenvalue weighted by molar-refractivity contribution is -0.137. The zero-order chi connectivity index (χ0) is 30.7. The standard InChI is InChI=1S/C29H34ClF3N6O3/c1-6-20(40)37-10-11-38-17(13-37)15-42-25-22(27(38)41)26(39-14-16(36(4)5)12-28(39,2)3)35-24(23(25)30)21-18(29(31,32)33)8-7-9-19(21)34/h6-9,16-17H,1,10-15,34H2,2-5H3/t16?,17-/m1/s1. The second-order valence-electron chi connectivity index (χ2n) is 11.8. The summed E-state index contributed by atoms with van der Waals surface area (Å²) in [6.07, 6.45) is -2.81. The Labute approximate surface area is 247 Å². The number of alkyl halides is 3. The maximum Gasteiger partial charge on any atom is 0.417 e. The molecule has 0 aliphatic carbocycles. The van der Waals surface area contributed by atoms with E-state index in [-0.39, 0.29) is 70.7 Å². The Morgan fingerprint density at radius 3 is 2.57 bits per heavy atom. The minimum Gasteiger partial charge on any atom is -0.489 e. The van der Waals surface area contributed by atoms with Gasteiger partial charge >= 0.3 is 6.18 Å². The minimum absolute atomic E-state index is 0.0254. The van der Waals surface area contributed by atoms with E-state index in [9.17, 15) is 22.8 Å². The van der Waals surface area contributed by atoms with Gasteiger partial charge in [-0.2, -0.15) is 13.2 Å². The molecule has 226 valence electrons. The zero-order valence-corrected chi connectivity index (χ0v) is 24.7. The third-order valence-corrected chi connectivity index (χ3v) is 8.77. The molecule has 9 nitrogen and oxygen atoms in total. The highest BCUT2D eigenvalue weighted by molar-refractivity contribution is 6.35. The van der Waals surface area contributed by atoms with Gasteiger partial charge in [0.25, 0.3) is 5.91 Å². The van der Waals surface area contributed by atoms with Crippen molar-refractivity contribution in [2.75, 3.05) is 57.5 Å². The molecule has 0 saturated carbocycles. The highest BCUT2D eigenvalue weighted by Crippen LogP contribution is 2.49. The van der Waals surface area contributed by atoms with Crippen LogP contribution >= 0.6 is 11.6 Å². The number of nitrogen functional groups attached to an aromatic ring is 1. The number of rotatable bonds is 4. The number of nitrogens with two attached hydrogens (primary N) is 1. The molecule has 4 heterocycles. The molecule has 3 aliphatic rings. The van der Waals surface area contributed by atoms with Crippen LogP contribution in [0, 0.1) is 0 Å². The molecule has 5 rings (SSSR count). The first kappa shape index (κ1) is 30.0. The summed E-state index contributed by atoms with van der Waals surface area (Å²) in [6, 6.07) is 3.08. The molecule has 1 unspecified atom stereocenters. The Bertz CT molecular complexity index is 1450. The number of benzene rings is 1. The van der Waals surface area contributed by atoms with Crippen LogP contribution in [0.15, 0.2) is 30.9 Å². The van der Waals surface area contributed by atoms with Crippen molar-refractivity contribution in [3.63, 3.8) is 0 Å². The summed E-state index contributed by atoms with van der Waals surface area (Å²) >= 11 is 6.84. The van der Waals surface area contributed by atoms with Crippen molar-refractivity contribution in [1.82, 2.24) is 19.7 Å². The summed E-state index contributed by atoms with van der Waals surface area (Å²) < 4.78 is 48.9. The molecule has 1 aromatic carbocycles. The van der Waals surface area contributed by atoms with E-state index in [1.165, 1.54) is 18.2 Å². The van der Waals surface area contributed by atoms with E-state index in [4.69, 9.17) is 27.1 Å². The molecule has 2 fully saturated rings. The summed E-state index contributed by atoms with van der Waals surface area (Å²) in [4.78, 5) is 38.6. The van der Waals surface area contributed by atoms with Crippen LogP contribution in [0.5, 0.6) is 5.75 Å². The van der Waals surface area contributed by atoms with Gasteiger partial charge in [0, 0.05) is 49.0 Å². The predicted octanol–water partition coefficient (Wildman–Crippen LogP) is 4.15. The number of fused-ring (bicyclic) bond motifs is 2. The summed E-state index contributed by atoms with van der Waals surface area (Å²) in [7, 11) is 3.91. The number of hydrogen-bond donors (Lipinski definition) is 1. The molecule has 2 atom stereocenters. The van der Waals surface area contributed by atoms with Gasteiger partial charge in [-0.25, -0.2) is 4.98 Å². The molecular weight excluding hydrogens is 573 g/mol. The molecular formula is C29H34ClF3N6O3. The predicted molar refractivity (Wildman–Crippen MR) is 155 cm³/mol. The quantitative estimate of drug-likeness (QED) is 0.413. The lowest BCUT2D eigenvalue weighted by Crippen LogP contribution is -2.57. The smallest absolute Gasteiger partial charge is 0.417 e. The molecule has 0 radical (unpaired) electrons. The van der Waals surface area contributed by atoms with Crippen LogP contribution in [0.3, 0.4) is 0 Å². The van der Waals surface area contributed by atoms with Crippen molar-refractivity contribution in [2.45, 2.75) is 44.1 Å². The SMILES string of the molecule is C=CC(=O)N1CCN2C(=O)c3c(N4CC(N(C)C)CC4(C)C)nc(-c4c(N)cccc4C(F)(F)F)c(Cl)c3OC[C@H]2C1. The number of hydrogen-bond acceptors (Lipinski definition) is 7. The number of anilines is 2. The van der Waals surface area contributed by atoms with Crippen molar-refractivity contribution in [3.8, 4) is 17.0 Å². The number of carbonyl (C=O) groups is 2. The van der Waals surface area contributed by atoms with Crippen LogP contribution in [-0.2, 0) is 11.0 Å². The van der Waals surface area contributed by atoms with Crippen molar-refractivity contribution in [3.05, 3.63) is 47.0 Å². The molecule has 0 bridgehead atoms. The first-order valence-electron chi connectivity index (χ1n) is 13.6. The van der Waals surface area contributed by atoms with Gasteiger partial charge in [-0.3, -0.25) is 9.59 Å². The number of halogens is 4. The van der Waals surface area contributed by atoms with E-state index < -0.39 is 29.2 Å². The topological polar surface area (TPSA) is 95.2 Å². The van der Waals surface area contributed by atoms with E-state index in [0.29, 0.717) is 13.1 Å². The second kappa shape index (κ2) is 10.6. The van der Waals surface area contributed by atoms with E-state index in [1.54, 1.807) is 9.80 Å². The van der Waals surface area contributed by atoms with E-state index in [1.807, 2.05) is 32.8 Å². The summed E-state index contributed by atoms with van der Waals surface area (Å²) in [5, 5.41) is -0.231. The number of amides is 2. The average molecular weight is 607 g/mol. The zero-order valence-electron chi connectivity index (χ0n) is 24.0. The maximum atomic E-state index is 14.3. The number of pyridine rings is 1. The Hall–Kier alpha value is -3.51. The van der Waals surface area contributed by atoms with E-state index in [0.717, 1.165) is 12.5 Å². The van der Waals surface area contributed by atoms with Crippen LogP contribution in [0.2, 0.25) is 5.02 Å². The van der Waals surface area contributed by atoms with E-state index >= 15 is 0 Å². The van der Waals surface area contributed by atoms with Crippen molar-refractivity contribution in [2.24, 2.45) is 0 Å². The molecule has 1 aromatic heterocycles. The van der Waals surface area contributed by atoms with Crippen molar-refractivity contribution in [1.29, 1.82) is 0 Å². The number of aromatic nitrogens is 1. The third-order valence-electron chi connectivity index (χ3n) is 8.42. The Morgan fingerprint density at radius 2 is 1.95 bits per heavy atom. The normalized spacial score (nSPS) is 22.0. The Morgan fingerprint density at radius 1 is 1.24 bits per heavy atom. The fourth-order valence-corrected chi connectivity index (χ4v) is 6.42. The summed E-state index contributed by atoms with van der Waals surface area (Å²) in [5.41, 5.74) is 3.97. The molecule has 2 aromatic rings. The second-order valence-corrected chi connectivity index (χ2v) is 12.1. The first-order valence-corrected chi connectivity index (χ1v) is 14.0. The van der Waals surface area contributed by atoms with Crippen LogP contribution in [-0.4, -0.2) is 96.0 Å². The van der Waals surface area contributed by atoms with Gasteiger partial charge in [-0.05, 0) is 52.6 Å². The van der Waals surface area contributed by atoms with Crippen LogP contribution < -0.4 is 15.4 Å². The molecule has 3 aliphatic heterocycles. The highest BCUT2D eigenvalue weighted by atomic mass is 35.5. The lowest BCUT2D eigenvalue weighted by Gasteiger charge is -2.40. The molecule has 13 heteroatoms. The lowest BCUT2D eigenvalue weighted by atomic mass is 9.98.